The molecular weight excluding hydrogens is 246 g/mol. The Morgan fingerprint density at radius 1 is 1.71 bits per heavy atom. The molecule has 1 aliphatic rings. The number of hydrogen-bond donors (Lipinski definition) is 1. The first-order valence-corrected chi connectivity index (χ1v) is 5.54. The molecule has 0 aliphatic heterocycles. The van der Waals surface area contributed by atoms with E-state index in [2.05, 4.69) is 26.3 Å². The highest BCUT2D eigenvalue weighted by atomic mass is 79.9. The van der Waals surface area contributed by atoms with E-state index in [0.717, 1.165) is 5.69 Å². The number of nitrogens with one attached hydrogen (secondary N) is 1. The van der Waals surface area contributed by atoms with Crippen LogP contribution in [-0.4, -0.2) is 15.8 Å². The van der Waals surface area contributed by atoms with Crippen LogP contribution in [0.3, 0.4) is 0 Å². The van der Waals surface area contributed by atoms with Crippen LogP contribution in [0.15, 0.2) is 15.5 Å². The van der Waals surface area contributed by atoms with Gasteiger partial charge in [0.15, 0.2) is 0 Å². The van der Waals surface area contributed by atoms with Crippen LogP contribution >= 0.6 is 15.9 Å². The summed E-state index contributed by atoms with van der Waals surface area (Å²) in [4.78, 5) is 11.6. The Hall–Kier alpha value is -0.840. The highest BCUT2D eigenvalue weighted by molar-refractivity contribution is 9.10. The number of rotatable bonds is 3. The summed E-state index contributed by atoms with van der Waals surface area (Å²) in [5, 5.41) is 7.30. The smallest absolute Gasteiger partial charge is 0.283 e. The van der Waals surface area contributed by atoms with Crippen molar-refractivity contribution in [2.24, 2.45) is 0 Å². The topological polar surface area (TPSA) is 46.9 Å². The number of aromatic nitrogens is 2. The third kappa shape index (κ3) is 1.82. The van der Waals surface area contributed by atoms with E-state index in [-0.39, 0.29) is 5.56 Å². The minimum Gasteiger partial charge on any atom is -0.380 e. The van der Waals surface area contributed by atoms with Gasteiger partial charge in [-0.25, -0.2) is 4.68 Å². The van der Waals surface area contributed by atoms with Crippen molar-refractivity contribution in [1.82, 2.24) is 9.78 Å². The normalized spacial score (nSPS) is 15.6. The first-order valence-electron chi connectivity index (χ1n) is 4.74. The van der Waals surface area contributed by atoms with Gasteiger partial charge in [0.1, 0.15) is 4.47 Å². The Balaban J connectivity index is 2.32. The molecule has 0 saturated heterocycles. The van der Waals surface area contributed by atoms with Crippen LogP contribution in [-0.2, 0) is 6.54 Å². The molecule has 2 rings (SSSR count). The highest BCUT2D eigenvalue weighted by Gasteiger charge is 2.22. The fraction of sp³-hybridized carbons (Fsp3) is 0.556. The molecule has 1 fully saturated rings. The molecule has 1 N–H and O–H groups in total. The molecule has 0 atom stereocenters. The summed E-state index contributed by atoms with van der Waals surface area (Å²) in [7, 11) is 0. The molecule has 1 saturated carbocycles. The average molecular weight is 258 g/mol. The molecule has 0 aromatic carbocycles. The molecule has 0 unspecified atom stereocenters. The van der Waals surface area contributed by atoms with Crippen LogP contribution in [0, 0.1) is 0 Å². The van der Waals surface area contributed by atoms with E-state index >= 15 is 0 Å². The van der Waals surface area contributed by atoms with Crippen molar-refractivity contribution in [1.29, 1.82) is 0 Å². The van der Waals surface area contributed by atoms with E-state index < -0.39 is 0 Å². The number of halogens is 1. The zero-order chi connectivity index (χ0) is 10.1. The number of nitrogens with zero attached hydrogens (tertiary/aromatic N) is 2. The minimum absolute atomic E-state index is 0.0712. The summed E-state index contributed by atoms with van der Waals surface area (Å²) in [6, 6.07) is 0.532. The Morgan fingerprint density at radius 3 is 3.00 bits per heavy atom. The summed E-state index contributed by atoms with van der Waals surface area (Å²) < 4.78 is 2.02. The summed E-state index contributed by atoms with van der Waals surface area (Å²) in [6.45, 7) is 2.50. The largest absolute Gasteiger partial charge is 0.380 e. The average Bonchev–Trinajstić information content (AvgIpc) is 2.97. The van der Waals surface area contributed by atoms with E-state index in [1.54, 1.807) is 6.20 Å². The Bertz CT molecular complexity index is 398. The van der Waals surface area contributed by atoms with Crippen LogP contribution in [0.5, 0.6) is 0 Å². The van der Waals surface area contributed by atoms with Crippen LogP contribution in [0.4, 0.5) is 5.69 Å². The maximum absolute atomic E-state index is 11.6. The molecule has 0 bridgehead atoms. The van der Waals surface area contributed by atoms with Gasteiger partial charge in [0.05, 0.1) is 11.9 Å². The Kier molecular flexibility index (Phi) is 2.58. The summed E-state index contributed by atoms with van der Waals surface area (Å²) in [6.07, 6.45) is 4.07. The molecule has 4 nitrogen and oxygen atoms in total. The van der Waals surface area contributed by atoms with Crippen molar-refractivity contribution in [2.45, 2.75) is 32.4 Å². The van der Waals surface area contributed by atoms with Gasteiger partial charge in [-0.15, -0.1) is 0 Å². The maximum Gasteiger partial charge on any atom is 0.283 e. The second-order valence-corrected chi connectivity index (χ2v) is 4.20. The molecular formula is C9H12BrN3O. The van der Waals surface area contributed by atoms with Crippen LogP contribution in [0.2, 0.25) is 0 Å². The molecule has 1 aliphatic carbocycles. The predicted octanol–water partition coefficient (Wildman–Crippen LogP) is 1.60. The SMILES string of the molecule is CCn1ncc(NC2CC2)c(Br)c1=O. The van der Waals surface area contributed by atoms with Crippen molar-refractivity contribution >= 4 is 21.6 Å². The van der Waals surface area contributed by atoms with Crippen molar-refractivity contribution < 1.29 is 0 Å². The lowest BCUT2D eigenvalue weighted by molar-refractivity contribution is 0.613. The highest BCUT2D eigenvalue weighted by Crippen LogP contribution is 2.26. The number of aryl methyl sites for hydroxylation is 1. The van der Waals surface area contributed by atoms with Crippen molar-refractivity contribution in [3.63, 3.8) is 0 Å². The number of anilines is 1. The van der Waals surface area contributed by atoms with Gasteiger partial charge < -0.3 is 5.32 Å². The lowest BCUT2D eigenvalue weighted by atomic mass is 10.4. The minimum atomic E-state index is -0.0712. The van der Waals surface area contributed by atoms with Gasteiger partial charge in [0.2, 0.25) is 0 Å². The van der Waals surface area contributed by atoms with E-state index in [0.29, 0.717) is 17.1 Å². The summed E-state index contributed by atoms with van der Waals surface area (Å²) in [5.74, 6) is 0. The third-order valence-corrected chi connectivity index (χ3v) is 2.99. The molecule has 1 aromatic rings. The second kappa shape index (κ2) is 3.73. The van der Waals surface area contributed by atoms with Gasteiger partial charge in [0.25, 0.3) is 5.56 Å². The second-order valence-electron chi connectivity index (χ2n) is 3.41. The van der Waals surface area contributed by atoms with Gasteiger partial charge in [-0.1, -0.05) is 0 Å². The molecule has 0 radical (unpaired) electrons. The standard InChI is InChI=1S/C9H12BrN3O/c1-2-13-9(14)8(10)7(5-11-13)12-6-3-4-6/h5-6,12H,2-4H2,1H3. The number of hydrogen-bond acceptors (Lipinski definition) is 3. The molecule has 0 spiro atoms. The van der Waals surface area contributed by atoms with E-state index in [4.69, 9.17) is 0 Å². The van der Waals surface area contributed by atoms with Gasteiger partial charge in [0, 0.05) is 12.6 Å². The molecule has 1 heterocycles. The van der Waals surface area contributed by atoms with Gasteiger partial charge in [-0.05, 0) is 35.7 Å². The zero-order valence-corrected chi connectivity index (χ0v) is 9.54. The molecule has 5 heteroatoms. The van der Waals surface area contributed by atoms with Crippen molar-refractivity contribution in [2.75, 3.05) is 5.32 Å². The fourth-order valence-corrected chi connectivity index (χ4v) is 1.66. The summed E-state index contributed by atoms with van der Waals surface area (Å²) >= 11 is 3.29. The van der Waals surface area contributed by atoms with Gasteiger partial charge in [-0.2, -0.15) is 5.10 Å². The lowest BCUT2D eigenvalue weighted by Gasteiger charge is -2.07. The lowest BCUT2D eigenvalue weighted by Crippen LogP contribution is -2.23. The monoisotopic (exact) mass is 257 g/mol. The molecule has 1 aromatic heterocycles. The first-order chi connectivity index (χ1) is 6.72. The van der Waals surface area contributed by atoms with E-state index in [1.165, 1.54) is 17.5 Å². The van der Waals surface area contributed by atoms with E-state index in [9.17, 15) is 4.79 Å². The fourth-order valence-electron chi connectivity index (χ4n) is 1.24. The van der Waals surface area contributed by atoms with Crippen molar-refractivity contribution in [3.8, 4) is 0 Å². The Morgan fingerprint density at radius 2 is 2.43 bits per heavy atom. The maximum atomic E-state index is 11.6. The van der Waals surface area contributed by atoms with Gasteiger partial charge in [-0.3, -0.25) is 4.79 Å². The third-order valence-electron chi connectivity index (χ3n) is 2.22. The van der Waals surface area contributed by atoms with Crippen molar-refractivity contribution in [3.05, 3.63) is 21.0 Å². The van der Waals surface area contributed by atoms with Gasteiger partial charge >= 0.3 is 0 Å². The van der Waals surface area contributed by atoms with E-state index in [1.807, 2.05) is 6.92 Å². The Labute approximate surface area is 90.4 Å². The quantitative estimate of drug-likeness (QED) is 0.895. The van der Waals surface area contributed by atoms with Crippen LogP contribution < -0.4 is 10.9 Å². The summed E-state index contributed by atoms with van der Waals surface area (Å²) in [5.41, 5.74) is 0.736. The molecule has 14 heavy (non-hydrogen) atoms. The van der Waals surface area contributed by atoms with Crippen LogP contribution in [0.25, 0.3) is 0 Å². The predicted molar refractivity (Wildman–Crippen MR) is 58.5 cm³/mol. The zero-order valence-electron chi connectivity index (χ0n) is 7.96. The van der Waals surface area contributed by atoms with Crippen LogP contribution in [0.1, 0.15) is 19.8 Å². The first kappa shape index (κ1) is 9.71. The molecule has 76 valence electrons. The molecule has 0 amide bonds.